The molecule has 0 saturated carbocycles. The van der Waals surface area contributed by atoms with Crippen LogP contribution in [0.2, 0.25) is 0 Å². The van der Waals surface area contributed by atoms with E-state index in [1.54, 1.807) is 0 Å². The molecule has 0 amide bonds. The molecule has 0 atom stereocenters. The van der Waals surface area contributed by atoms with Crippen LogP contribution in [0.4, 0.5) is 0 Å². The minimum atomic E-state index is -0.581. The van der Waals surface area contributed by atoms with Crippen molar-refractivity contribution in [2.75, 3.05) is 20.3 Å². The Morgan fingerprint density at radius 1 is 0.519 bits per heavy atom. The van der Waals surface area contributed by atoms with Crippen molar-refractivity contribution in [1.29, 1.82) is 0 Å². The second-order valence-electron chi connectivity index (χ2n) is 8.00. The molecular weight excluding hydrogens is 334 g/mol. The predicted octanol–water partition coefficient (Wildman–Crippen LogP) is 7.58. The number of hydrogen-bond donors (Lipinski definition) is 1. The highest BCUT2D eigenvalue weighted by Gasteiger charge is 2.27. The van der Waals surface area contributed by atoms with Crippen molar-refractivity contribution >= 4 is 0 Å². The zero-order valence-corrected chi connectivity index (χ0v) is 19.3. The Hall–Kier alpha value is -0.120. The summed E-state index contributed by atoms with van der Waals surface area (Å²) in [5, 5.41) is 3.27. The molecule has 0 unspecified atom stereocenters. The zero-order chi connectivity index (χ0) is 20.1. The Morgan fingerprint density at radius 3 is 1.15 bits per heavy atom. The molecule has 0 aliphatic rings. The van der Waals surface area contributed by atoms with Crippen molar-refractivity contribution in [2.45, 2.75) is 136 Å². The Morgan fingerprint density at radius 2 is 0.852 bits per heavy atom. The zero-order valence-electron chi connectivity index (χ0n) is 19.3. The third kappa shape index (κ3) is 16.5. The quantitative estimate of drug-likeness (QED) is 0.154. The van der Waals surface area contributed by atoms with Gasteiger partial charge in [0, 0.05) is 6.42 Å². The summed E-state index contributed by atoms with van der Waals surface area (Å²) in [5.41, 5.74) is 0. The van der Waals surface area contributed by atoms with Crippen LogP contribution in [0.15, 0.2) is 0 Å². The summed E-state index contributed by atoms with van der Waals surface area (Å²) >= 11 is 0. The third-order valence-corrected chi connectivity index (χ3v) is 5.51. The predicted molar refractivity (Wildman–Crippen MR) is 119 cm³/mol. The van der Waals surface area contributed by atoms with Crippen LogP contribution < -0.4 is 5.32 Å². The molecular formula is C24H51NO2. The first-order chi connectivity index (χ1) is 13.2. The van der Waals surface area contributed by atoms with Gasteiger partial charge in [-0.3, -0.25) is 5.32 Å². The minimum absolute atomic E-state index is 0.581. The standard InChI is InChI=1S/C24H51NO2/c1-5-8-10-12-14-16-18-20-22-26-24(7-3,25-4)27-23-21-19-17-15-13-11-9-6-2/h25H,5-23H2,1-4H3. The van der Waals surface area contributed by atoms with E-state index in [1.807, 2.05) is 7.05 Å². The van der Waals surface area contributed by atoms with Gasteiger partial charge < -0.3 is 9.47 Å². The molecule has 0 fully saturated rings. The number of unbranched alkanes of at least 4 members (excludes halogenated alkanes) is 14. The second kappa shape index (κ2) is 20.6. The number of nitrogens with one attached hydrogen (secondary N) is 1. The highest BCUT2D eigenvalue weighted by molar-refractivity contribution is 4.63. The van der Waals surface area contributed by atoms with Gasteiger partial charge in [-0.2, -0.15) is 0 Å². The molecule has 3 heteroatoms. The van der Waals surface area contributed by atoms with E-state index < -0.39 is 5.91 Å². The van der Waals surface area contributed by atoms with E-state index >= 15 is 0 Å². The van der Waals surface area contributed by atoms with E-state index in [-0.39, 0.29) is 0 Å². The lowest BCUT2D eigenvalue weighted by molar-refractivity contribution is -0.256. The summed E-state index contributed by atoms with van der Waals surface area (Å²) < 4.78 is 12.2. The molecule has 0 aliphatic carbocycles. The third-order valence-electron chi connectivity index (χ3n) is 5.51. The Kier molecular flexibility index (Phi) is 20.5. The minimum Gasteiger partial charge on any atom is -0.337 e. The molecule has 0 radical (unpaired) electrons. The van der Waals surface area contributed by atoms with Crippen LogP contribution in [0.5, 0.6) is 0 Å². The van der Waals surface area contributed by atoms with Gasteiger partial charge in [-0.25, -0.2) is 0 Å². The van der Waals surface area contributed by atoms with Gasteiger partial charge in [0.1, 0.15) is 0 Å². The van der Waals surface area contributed by atoms with Crippen molar-refractivity contribution in [3.05, 3.63) is 0 Å². The molecule has 0 bridgehead atoms. The van der Waals surface area contributed by atoms with Gasteiger partial charge in [-0.15, -0.1) is 0 Å². The molecule has 0 aromatic heterocycles. The van der Waals surface area contributed by atoms with Crippen molar-refractivity contribution in [2.24, 2.45) is 0 Å². The molecule has 3 nitrogen and oxygen atoms in total. The van der Waals surface area contributed by atoms with Crippen molar-refractivity contribution < 1.29 is 9.47 Å². The van der Waals surface area contributed by atoms with E-state index in [0.717, 1.165) is 32.5 Å². The van der Waals surface area contributed by atoms with E-state index in [2.05, 4.69) is 26.1 Å². The molecule has 0 aromatic carbocycles. The van der Waals surface area contributed by atoms with Crippen molar-refractivity contribution in [1.82, 2.24) is 5.32 Å². The summed E-state index contributed by atoms with van der Waals surface area (Å²) in [5.74, 6) is -0.581. The highest BCUT2D eigenvalue weighted by Crippen LogP contribution is 2.17. The van der Waals surface area contributed by atoms with Crippen LogP contribution >= 0.6 is 0 Å². The Labute approximate surface area is 171 Å². The average Bonchev–Trinajstić information content (AvgIpc) is 2.70. The van der Waals surface area contributed by atoms with Crippen LogP contribution in [0.25, 0.3) is 0 Å². The van der Waals surface area contributed by atoms with Gasteiger partial charge in [0.05, 0.1) is 13.2 Å². The summed E-state index contributed by atoms with van der Waals surface area (Å²) in [6, 6.07) is 0. The van der Waals surface area contributed by atoms with Crippen LogP contribution in [0.1, 0.15) is 130 Å². The lowest BCUT2D eigenvalue weighted by atomic mass is 10.1. The molecule has 27 heavy (non-hydrogen) atoms. The smallest absolute Gasteiger partial charge is 0.226 e. The topological polar surface area (TPSA) is 30.5 Å². The summed E-state index contributed by atoms with van der Waals surface area (Å²) in [7, 11) is 1.95. The summed E-state index contributed by atoms with van der Waals surface area (Å²) in [4.78, 5) is 0. The SMILES string of the molecule is CCCCCCCCCCOC(CC)(NC)OCCCCCCCCCC. The van der Waals surface area contributed by atoms with Crippen LogP contribution in [-0.2, 0) is 9.47 Å². The Balaban J connectivity index is 3.67. The van der Waals surface area contributed by atoms with Gasteiger partial charge in [-0.1, -0.05) is 111 Å². The van der Waals surface area contributed by atoms with Crippen molar-refractivity contribution in [3.8, 4) is 0 Å². The van der Waals surface area contributed by atoms with E-state index in [9.17, 15) is 0 Å². The monoisotopic (exact) mass is 385 g/mol. The lowest BCUT2D eigenvalue weighted by Crippen LogP contribution is -2.48. The maximum absolute atomic E-state index is 6.11. The van der Waals surface area contributed by atoms with E-state index in [1.165, 1.54) is 89.9 Å². The maximum atomic E-state index is 6.11. The first kappa shape index (κ1) is 26.9. The van der Waals surface area contributed by atoms with Crippen LogP contribution in [0.3, 0.4) is 0 Å². The van der Waals surface area contributed by atoms with Crippen LogP contribution in [0, 0.1) is 0 Å². The Bertz CT molecular complexity index is 256. The highest BCUT2D eigenvalue weighted by atomic mass is 16.7. The number of ether oxygens (including phenoxy) is 2. The van der Waals surface area contributed by atoms with Gasteiger partial charge in [0.2, 0.25) is 5.91 Å². The van der Waals surface area contributed by atoms with Gasteiger partial charge in [-0.05, 0) is 19.9 Å². The fourth-order valence-electron chi connectivity index (χ4n) is 3.51. The molecule has 0 rings (SSSR count). The molecule has 164 valence electrons. The number of hydrogen-bond acceptors (Lipinski definition) is 3. The first-order valence-electron chi connectivity index (χ1n) is 12.2. The van der Waals surface area contributed by atoms with E-state index in [4.69, 9.17) is 9.47 Å². The average molecular weight is 386 g/mol. The largest absolute Gasteiger partial charge is 0.337 e. The molecule has 0 heterocycles. The molecule has 0 saturated heterocycles. The fraction of sp³-hybridized carbons (Fsp3) is 1.00. The lowest BCUT2D eigenvalue weighted by Gasteiger charge is -2.32. The van der Waals surface area contributed by atoms with E-state index in [0.29, 0.717) is 0 Å². The van der Waals surface area contributed by atoms with Crippen molar-refractivity contribution in [3.63, 3.8) is 0 Å². The van der Waals surface area contributed by atoms with Gasteiger partial charge in [0.15, 0.2) is 0 Å². The van der Waals surface area contributed by atoms with Gasteiger partial charge >= 0.3 is 0 Å². The van der Waals surface area contributed by atoms with Crippen LogP contribution in [-0.4, -0.2) is 26.2 Å². The number of rotatable bonds is 22. The molecule has 0 aliphatic heterocycles. The molecule has 1 N–H and O–H groups in total. The summed E-state index contributed by atoms with van der Waals surface area (Å²) in [6.07, 6.45) is 22.1. The molecule has 0 spiro atoms. The maximum Gasteiger partial charge on any atom is 0.226 e. The normalized spacial score (nSPS) is 12.0. The summed E-state index contributed by atoms with van der Waals surface area (Å²) in [6.45, 7) is 8.27. The fourth-order valence-corrected chi connectivity index (χ4v) is 3.51. The van der Waals surface area contributed by atoms with Gasteiger partial charge in [0.25, 0.3) is 0 Å². The molecule has 0 aromatic rings. The second-order valence-corrected chi connectivity index (χ2v) is 8.00. The first-order valence-corrected chi connectivity index (χ1v) is 12.2.